The lowest BCUT2D eigenvalue weighted by atomic mass is 10.3. The Morgan fingerprint density at radius 2 is 1.70 bits per heavy atom. The Kier molecular flexibility index (Phi) is 10.0. The molecule has 12 heteroatoms. The van der Waals surface area contributed by atoms with Crippen molar-refractivity contribution in [3.63, 3.8) is 0 Å². The number of thioether (sulfide) groups is 2. The smallest absolute Gasteiger partial charge is 0.243 e. The maximum Gasteiger partial charge on any atom is 0.243 e. The van der Waals surface area contributed by atoms with Crippen LogP contribution in [0, 0.1) is 5.82 Å². The molecule has 2 rings (SSSR count). The molecule has 0 fully saturated rings. The van der Waals surface area contributed by atoms with Crippen LogP contribution in [0.1, 0.15) is 13.3 Å². The van der Waals surface area contributed by atoms with Crippen molar-refractivity contribution < 1.29 is 18.8 Å². The van der Waals surface area contributed by atoms with Crippen LogP contribution in [-0.4, -0.2) is 64.5 Å². The summed E-state index contributed by atoms with van der Waals surface area (Å²) in [5.41, 5.74) is 0.457. The molecule has 0 bridgehead atoms. The lowest BCUT2D eigenvalue weighted by Crippen LogP contribution is -2.35. The third kappa shape index (κ3) is 8.67. The number of rotatable bonds is 11. The van der Waals surface area contributed by atoms with Crippen molar-refractivity contribution in [3.8, 4) is 0 Å². The van der Waals surface area contributed by atoms with Gasteiger partial charge in [0.05, 0.1) is 18.1 Å². The van der Waals surface area contributed by atoms with Gasteiger partial charge in [-0.3, -0.25) is 14.4 Å². The van der Waals surface area contributed by atoms with Gasteiger partial charge in [-0.2, -0.15) is 0 Å². The molecule has 0 atom stereocenters. The number of halogens is 1. The van der Waals surface area contributed by atoms with Gasteiger partial charge in [0.25, 0.3) is 0 Å². The van der Waals surface area contributed by atoms with E-state index in [0.29, 0.717) is 20.9 Å². The van der Waals surface area contributed by atoms with E-state index in [4.69, 9.17) is 0 Å². The molecule has 1 aromatic carbocycles. The number of nitrogens with zero attached hydrogens (tertiary/aromatic N) is 3. The molecule has 162 valence electrons. The number of likely N-dealkylation sites (N-methyl/N-ethyl adjacent to an activating group) is 1. The van der Waals surface area contributed by atoms with Crippen molar-refractivity contribution in [1.82, 2.24) is 20.4 Å². The summed E-state index contributed by atoms with van der Waals surface area (Å²) in [6.07, 6.45) is 0.881. The van der Waals surface area contributed by atoms with Gasteiger partial charge in [0.2, 0.25) is 17.7 Å². The predicted molar refractivity (Wildman–Crippen MR) is 117 cm³/mol. The zero-order valence-electron chi connectivity index (χ0n) is 16.5. The van der Waals surface area contributed by atoms with E-state index < -0.39 is 5.82 Å². The first-order valence-electron chi connectivity index (χ1n) is 9.02. The molecule has 1 aromatic heterocycles. The van der Waals surface area contributed by atoms with Gasteiger partial charge in [-0.1, -0.05) is 41.8 Å². The van der Waals surface area contributed by atoms with Gasteiger partial charge < -0.3 is 15.5 Å². The molecule has 30 heavy (non-hydrogen) atoms. The Bertz CT molecular complexity index is 863. The molecule has 2 N–H and O–H groups in total. The summed E-state index contributed by atoms with van der Waals surface area (Å²) in [4.78, 5) is 37.2. The van der Waals surface area contributed by atoms with Crippen molar-refractivity contribution in [3.05, 3.63) is 30.1 Å². The monoisotopic (exact) mass is 471 g/mol. The van der Waals surface area contributed by atoms with Crippen molar-refractivity contribution in [2.75, 3.05) is 37.0 Å². The van der Waals surface area contributed by atoms with Crippen LogP contribution in [0.5, 0.6) is 0 Å². The summed E-state index contributed by atoms with van der Waals surface area (Å²) < 4.78 is 14.2. The van der Waals surface area contributed by atoms with Crippen molar-refractivity contribution >= 4 is 58.3 Å². The maximum atomic E-state index is 12.9. The largest absolute Gasteiger partial charge is 0.355 e. The molecule has 2 aromatic rings. The zero-order valence-corrected chi connectivity index (χ0v) is 19.0. The minimum atomic E-state index is -0.393. The lowest BCUT2D eigenvalue weighted by molar-refractivity contribution is -0.131. The zero-order chi connectivity index (χ0) is 21.9. The molecule has 0 aliphatic carbocycles. The van der Waals surface area contributed by atoms with E-state index in [-0.39, 0.29) is 35.8 Å². The summed E-state index contributed by atoms with van der Waals surface area (Å²) in [6.45, 7) is 2.51. The second-order valence-corrected chi connectivity index (χ2v) is 9.49. The summed E-state index contributed by atoms with van der Waals surface area (Å²) in [7, 11) is 1.53. The number of benzene rings is 1. The van der Waals surface area contributed by atoms with Gasteiger partial charge in [0.15, 0.2) is 8.68 Å². The summed E-state index contributed by atoms with van der Waals surface area (Å²) in [5.74, 6) is -0.686. The standard InChI is InChI=1S/C18H22FN5O3S3/c1-3-8-20-15(26)10-28-17-22-23-18(30-17)29-11-16(27)24(2)9-14(25)21-13-6-4-12(19)5-7-13/h4-7H,3,8-11H2,1-2H3,(H,20,26)(H,21,25). The molecule has 1 heterocycles. The fraction of sp³-hybridized carbons (Fsp3) is 0.389. The predicted octanol–water partition coefficient (Wildman–Crippen LogP) is 2.48. The molecule has 0 unspecified atom stereocenters. The summed E-state index contributed by atoms with van der Waals surface area (Å²) >= 11 is 3.84. The normalized spacial score (nSPS) is 10.5. The fourth-order valence-electron chi connectivity index (χ4n) is 2.03. The SMILES string of the molecule is CCCNC(=O)CSc1nnc(SCC(=O)N(C)CC(=O)Nc2ccc(F)cc2)s1. The molecule has 8 nitrogen and oxygen atoms in total. The number of aromatic nitrogens is 2. The number of amides is 3. The molecule has 0 aliphatic rings. The Morgan fingerprint density at radius 1 is 1.07 bits per heavy atom. The van der Waals surface area contributed by atoms with Gasteiger partial charge in [0.1, 0.15) is 5.82 Å². The highest BCUT2D eigenvalue weighted by molar-refractivity contribution is 8.03. The van der Waals surface area contributed by atoms with Gasteiger partial charge in [0, 0.05) is 19.3 Å². The highest BCUT2D eigenvalue weighted by Crippen LogP contribution is 2.28. The van der Waals surface area contributed by atoms with E-state index in [2.05, 4.69) is 20.8 Å². The van der Waals surface area contributed by atoms with Crippen LogP contribution in [0.3, 0.4) is 0 Å². The van der Waals surface area contributed by atoms with Crippen molar-refractivity contribution in [2.45, 2.75) is 22.0 Å². The van der Waals surface area contributed by atoms with Crippen LogP contribution in [0.25, 0.3) is 0 Å². The topological polar surface area (TPSA) is 104 Å². The highest BCUT2D eigenvalue weighted by Gasteiger charge is 2.15. The minimum absolute atomic E-state index is 0.0537. The Hall–Kier alpha value is -2.18. The average Bonchev–Trinajstić information content (AvgIpc) is 3.18. The first-order valence-corrected chi connectivity index (χ1v) is 11.8. The quantitative estimate of drug-likeness (QED) is 0.485. The second-order valence-electron chi connectivity index (χ2n) is 6.07. The van der Waals surface area contributed by atoms with Crippen LogP contribution in [0.2, 0.25) is 0 Å². The second kappa shape index (κ2) is 12.5. The van der Waals surface area contributed by atoms with Crippen molar-refractivity contribution in [1.29, 1.82) is 0 Å². The third-order valence-corrected chi connectivity index (χ3v) is 6.72. The molecule has 0 saturated heterocycles. The van der Waals surface area contributed by atoms with Crippen LogP contribution in [-0.2, 0) is 14.4 Å². The van der Waals surface area contributed by atoms with E-state index in [1.807, 2.05) is 6.92 Å². The van der Waals surface area contributed by atoms with Gasteiger partial charge in [-0.05, 0) is 30.7 Å². The van der Waals surface area contributed by atoms with E-state index in [9.17, 15) is 18.8 Å². The molecule has 0 spiro atoms. The molecular weight excluding hydrogens is 449 g/mol. The molecule has 0 radical (unpaired) electrons. The van der Waals surface area contributed by atoms with Gasteiger partial charge in [-0.25, -0.2) is 4.39 Å². The van der Waals surface area contributed by atoms with E-state index in [1.54, 1.807) is 0 Å². The van der Waals surface area contributed by atoms with Crippen LogP contribution < -0.4 is 10.6 Å². The molecule has 0 aliphatic heterocycles. The number of carbonyl (C=O) groups excluding carboxylic acids is 3. The first-order chi connectivity index (χ1) is 14.4. The Morgan fingerprint density at radius 3 is 2.33 bits per heavy atom. The number of hydrogen-bond acceptors (Lipinski definition) is 8. The Labute approximate surface area is 186 Å². The number of anilines is 1. The third-order valence-electron chi connectivity index (χ3n) is 3.54. The minimum Gasteiger partial charge on any atom is -0.355 e. The number of nitrogens with one attached hydrogen (secondary N) is 2. The number of carbonyl (C=O) groups is 3. The van der Waals surface area contributed by atoms with E-state index >= 15 is 0 Å². The van der Waals surface area contributed by atoms with Crippen LogP contribution in [0.4, 0.5) is 10.1 Å². The average molecular weight is 472 g/mol. The first kappa shape index (κ1) is 24.1. The van der Waals surface area contributed by atoms with E-state index in [1.165, 1.54) is 71.1 Å². The molecular formula is C18H22FN5O3S3. The van der Waals surface area contributed by atoms with Crippen molar-refractivity contribution in [2.24, 2.45) is 0 Å². The van der Waals surface area contributed by atoms with Gasteiger partial charge in [-0.15, -0.1) is 10.2 Å². The maximum absolute atomic E-state index is 12.9. The molecule has 3 amide bonds. The fourth-order valence-corrected chi connectivity index (χ4v) is 4.82. The Balaban J connectivity index is 1.71. The summed E-state index contributed by atoms with van der Waals surface area (Å²) in [5, 5.41) is 13.4. The lowest BCUT2D eigenvalue weighted by Gasteiger charge is -2.16. The van der Waals surface area contributed by atoms with Crippen LogP contribution >= 0.6 is 34.9 Å². The van der Waals surface area contributed by atoms with Gasteiger partial charge >= 0.3 is 0 Å². The molecule has 0 saturated carbocycles. The van der Waals surface area contributed by atoms with Crippen LogP contribution in [0.15, 0.2) is 32.9 Å². The van der Waals surface area contributed by atoms with E-state index in [0.717, 1.165) is 6.42 Å². The summed E-state index contributed by atoms with van der Waals surface area (Å²) in [6, 6.07) is 5.38. The number of hydrogen-bond donors (Lipinski definition) is 2. The highest BCUT2D eigenvalue weighted by atomic mass is 32.2.